The molecule has 146 valence electrons. The molecule has 0 radical (unpaired) electrons. The van der Waals surface area contributed by atoms with Crippen LogP contribution in [0.3, 0.4) is 0 Å². The summed E-state index contributed by atoms with van der Waals surface area (Å²) >= 11 is 5.84. The maximum absolute atomic E-state index is 13.3. The number of benzene rings is 1. The summed E-state index contributed by atoms with van der Waals surface area (Å²) in [5, 5.41) is 17.2. The van der Waals surface area contributed by atoms with Crippen molar-refractivity contribution in [2.75, 3.05) is 25.5 Å². The summed E-state index contributed by atoms with van der Waals surface area (Å²) in [4.78, 5) is 0. The molecule has 0 aliphatic heterocycles. The van der Waals surface area contributed by atoms with Crippen LogP contribution >= 0.6 is 11.6 Å². The van der Waals surface area contributed by atoms with Gasteiger partial charge in [-0.25, -0.2) is 4.39 Å². The van der Waals surface area contributed by atoms with E-state index in [1.807, 2.05) is 25.9 Å². The van der Waals surface area contributed by atoms with Crippen LogP contribution < -0.4 is 10.6 Å². The van der Waals surface area contributed by atoms with Gasteiger partial charge < -0.3 is 10.6 Å². The van der Waals surface area contributed by atoms with Crippen molar-refractivity contribution in [2.24, 2.45) is 10.3 Å². The largest absolute Gasteiger partial charge is 0.378 e. The number of nitrogens with one attached hydrogen (secondary N) is 2. The quantitative estimate of drug-likeness (QED) is 0.324. The normalized spacial score (nSPS) is 14.9. The van der Waals surface area contributed by atoms with Gasteiger partial charge in [-0.05, 0) is 51.9 Å². The monoisotopic (exact) mass is 383 g/mol. The minimum Gasteiger partial charge on any atom is -0.378 e. The first-order valence-electron chi connectivity index (χ1n) is 8.96. The van der Waals surface area contributed by atoms with E-state index < -0.39 is 5.82 Å². The average molecular weight is 384 g/mol. The molecule has 0 aliphatic rings. The van der Waals surface area contributed by atoms with Crippen LogP contribution in [0.4, 0.5) is 10.1 Å². The topological polar surface area (TPSA) is 52.0 Å². The number of anilines is 1. The summed E-state index contributed by atoms with van der Waals surface area (Å²) in [5.41, 5.74) is 1.76. The first-order valence-corrected chi connectivity index (χ1v) is 9.34. The molecule has 2 unspecified atom stereocenters. The van der Waals surface area contributed by atoms with Gasteiger partial charge in [-0.15, -0.1) is 0 Å². The SMILES string of the molecule is C=C(C)C(CCN(C)N=N[C@@H](C)C(C)NCC)Nc1ccc(F)c(Cl)c1. The first kappa shape index (κ1) is 22.4. The van der Waals surface area contributed by atoms with E-state index in [0.29, 0.717) is 6.54 Å². The van der Waals surface area contributed by atoms with Crippen LogP contribution in [-0.2, 0) is 0 Å². The Hall–Kier alpha value is -1.66. The Morgan fingerprint density at radius 1 is 1.38 bits per heavy atom. The third-order valence-corrected chi connectivity index (χ3v) is 4.52. The molecule has 1 rings (SSSR count). The van der Waals surface area contributed by atoms with Crippen molar-refractivity contribution < 1.29 is 4.39 Å². The summed E-state index contributed by atoms with van der Waals surface area (Å²) in [6, 6.07) is 5.03. The number of halogens is 2. The Morgan fingerprint density at radius 3 is 2.65 bits per heavy atom. The number of nitrogens with zero attached hydrogens (tertiary/aromatic N) is 3. The van der Waals surface area contributed by atoms with Gasteiger partial charge in [0.1, 0.15) is 5.82 Å². The first-order chi connectivity index (χ1) is 12.2. The fraction of sp³-hybridized carbons (Fsp3) is 0.579. The van der Waals surface area contributed by atoms with Gasteiger partial charge in [0.05, 0.1) is 11.1 Å². The summed E-state index contributed by atoms with van der Waals surface area (Å²) in [6.45, 7) is 13.8. The van der Waals surface area contributed by atoms with E-state index in [4.69, 9.17) is 11.6 Å². The van der Waals surface area contributed by atoms with Crippen molar-refractivity contribution in [2.45, 2.75) is 52.2 Å². The van der Waals surface area contributed by atoms with E-state index in [-0.39, 0.29) is 23.1 Å². The fourth-order valence-corrected chi connectivity index (χ4v) is 2.53. The van der Waals surface area contributed by atoms with Crippen LogP contribution in [0, 0.1) is 5.82 Å². The van der Waals surface area contributed by atoms with Crippen LogP contribution in [-0.4, -0.2) is 43.3 Å². The van der Waals surface area contributed by atoms with Crippen LogP contribution in [0.15, 0.2) is 40.7 Å². The molecule has 0 aliphatic carbocycles. The fourth-order valence-electron chi connectivity index (χ4n) is 2.35. The minimum atomic E-state index is -0.426. The molecule has 0 amide bonds. The number of rotatable bonds is 11. The summed E-state index contributed by atoms with van der Waals surface area (Å²) < 4.78 is 13.3. The van der Waals surface area contributed by atoms with Crippen LogP contribution in [0.25, 0.3) is 0 Å². The van der Waals surface area contributed by atoms with Crippen molar-refractivity contribution in [1.29, 1.82) is 0 Å². The summed E-state index contributed by atoms with van der Waals surface area (Å²) in [6.07, 6.45) is 0.789. The zero-order chi connectivity index (χ0) is 19.7. The molecule has 0 fully saturated rings. The molecule has 0 spiro atoms. The highest BCUT2D eigenvalue weighted by Gasteiger charge is 2.13. The second-order valence-corrected chi connectivity index (χ2v) is 7.04. The van der Waals surface area contributed by atoms with Gasteiger partial charge in [0.15, 0.2) is 0 Å². The van der Waals surface area contributed by atoms with Gasteiger partial charge in [0.2, 0.25) is 0 Å². The molecule has 0 aromatic heterocycles. The van der Waals surface area contributed by atoms with E-state index in [1.165, 1.54) is 6.07 Å². The summed E-state index contributed by atoms with van der Waals surface area (Å²) in [5.74, 6) is -0.426. The molecule has 5 nitrogen and oxygen atoms in total. The third kappa shape index (κ3) is 7.70. The zero-order valence-electron chi connectivity index (χ0n) is 16.4. The Morgan fingerprint density at radius 2 is 2.08 bits per heavy atom. The van der Waals surface area contributed by atoms with Crippen LogP contribution in [0.2, 0.25) is 5.02 Å². The lowest BCUT2D eigenvalue weighted by Gasteiger charge is -2.23. The minimum absolute atomic E-state index is 0.0345. The van der Waals surface area contributed by atoms with Gasteiger partial charge >= 0.3 is 0 Å². The van der Waals surface area contributed by atoms with Crippen molar-refractivity contribution in [3.8, 4) is 0 Å². The van der Waals surface area contributed by atoms with Gasteiger partial charge in [-0.1, -0.05) is 35.9 Å². The van der Waals surface area contributed by atoms with E-state index in [1.54, 1.807) is 12.1 Å². The molecule has 1 aromatic carbocycles. The lowest BCUT2D eigenvalue weighted by atomic mass is 10.1. The molecule has 26 heavy (non-hydrogen) atoms. The molecule has 0 heterocycles. The lowest BCUT2D eigenvalue weighted by Crippen LogP contribution is -2.34. The maximum Gasteiger partial charge on any atom is 0.141 e. The Bertz CT molecular complexity index is 608. The highest BCUT2D eigenvalue weighted by Crippen LogP contribution is 2.21. The maximum atomic E-state index is 13.3. The van der Waals surface area contributed by atoms with Crippen molar-refractivity contribution >= 4 is 17.3 Å². The predicted molar refractivity (Wildman–Crippen MR) is 108 cm³/mol. The Kier molecular flexibility index (Phi) is 9.59. The van der Waals surface area contributed by atoms with Crippen molar-refractivity contribution in [3.63, 3.8) is 0 Å². The Balaban J connectivity index is 2.57. The molecule has 7 heteroatoms. The molecule has 0 saturated heterocycles. The van der Waals surface area contributed by atoms with Crippen LogP contribution in [0.1, 0.15) is 34.1 Å². The lowest BCUT2D eigenvalue weighted by molar-refractivity contribution is 0.304. The molecule has 3 atom stereocenters. The average Bonchev–Trinajstić information content (AvgIpc) is 2.59. The van der Waals surface area contributed by atoms with Gasteiger partial charge in [-0.2, -0.15) is 5.11 Å². The second kappa shape index (κ2) is 11.1. The molecule has 1 aromatic rings. The van der Waals surface area contributed by atoms with Crippen molar-refractivity contribution in [1.82, 2.24) is 10.3 Å². The zero-order valence-corrected chi connectivity index (χ0v) is 17.1. The number of hydrogen-bond donors (Lipinski definition) is 2. The van der Waals surface area contributed by atoms with E-state index in [9.17, 15) is 4.39 Å². The highest BCUT2D eigenvalue weighted by molar-refractivity contribution is 6.31. The third-order valence-electron chi connectivity index (χ3n) is 4.23. The molecular formula is C19H31ClFN5. The van der Waals surface area contributed by atoms with Gasteiger partial charge in [-0.3, -0.25) is 5.01 Å². The summed E-state index contributed by atoms with van der Waals surface area (Å²) in [7, 11) is 1.90. The smallest absolute Gasteiger partial charge is 0.141 e. The van der Waals surface area contributed by atoms with Crippen LogP contribution in [0.5, 0.6) is 0 Å². The molecule has 2 N–H and O–H groups in total. The predicted octanol–water partition coefficient (Wildman–Crippen LogP) is 4.91. The van der Waals surface area contributed by atoms with Gasteiger partial charge in [0.25, 0.3) is 0 Å². The van der Waals surface area contributed by atoms with E-state index >= 15 is 0 Å². The van der Waals surface area contributed by atoms with E-state index in [2.05, 4.69) is 41.4 Å². The number of hydrogen-bond acceptors (Lipinski definition) is 4. The standard InChI is InChI=1S/C19H31ClFN5/c1-7-22-14(4)15(5)24-25-26(6)11-10-19(13(2)3)23-16-8-9-18(21)17(20)12-16/h8-9,12,14-15,19,22-23H,2,7,10-11H2,1,3-6H3/t14?,15-,19?/m0/s1. The van der Waals surface area contributed by atoms with Gasteiger partial charge in [0, 0.05) is 31.4 Å². The molecular weight excluding hydrogens is 353 g/mol. The molecule has 0 saturated carbocycles. The van der Waals surface area contributed by atoms with Crippen molar-refractivity contribution in [3.05, 3.63) is 41.2 Å². The molecule has 0 bridgehead atoms. The second-order valence-electron chi connectivity index (χ2n) is 6.63. The Labute approximate surface area is 161 Å². The number of likely N-dealkylation sites (N-methyl/N-ethyl adjacent to an activating group) is 1. The van der Waals surface area contributed by atoms with E-state index in [0.717, 1.165) is 24.2 Å². The highest BCUT2D eigenvalue weighted by atomic mass is 35.5.